The van der Waals surface area contributed by atoms with Gasteiger partial charge in [0.25, 0.3) is 0 Å². The predicted octanol–water partition coefficient (Wildman–Crippen LogP) is 0.719. The van der Waals surface area contributed by atoms with Crippen LogP contribution < -0.4 is 22.3 Å². The Balaban J connectivity index is 0.00000280. The molecule has 2 heterocycles. The lowest BCUT2D eigenvalue weighted by Crippen LogP contribution is -3.00. The molecule has 2 aromatic heterocycles. The molecule has 0 aliphatic rings. The van der Waals surface area contributed by atoms with Crippen LogP contribution in [0.3, 0.4) is 0 Å². The second-order valence-corrected chi connectivity index (χ2v) is 6.17. The lowest BCUT2D eigenvalue weighted by atomic mass is 10.3. The van der Waals surface area contributed by atoms with E-state index in [1.807, 2.05) is 55.2 Å². The number of hydrogen-bond acceptors (Lipinski definition) is 3. The second-order valence-electron chi connectivity index (χ2n) is 6.17. The fraction of sp³-hybridized carbons (Fsp3) is 0.350. The fourth-order valence-electron chi connectivity index (χ4n) is 2.95. The highest BCUT2D eigenvalue weighted by Gasteiger charge is 2.22. The van der Waals surface area contributed by atoms with E-state index in [1.54, 1.807) is 0 Å². The Kier molecular flexibility index (Phi) is 7.63. The Bertz CT molecular complexity index is 999. The molecule has 0 aliphatic heterocycles. The molecule has 0 amide bonds. The van der Waals surface area contributed by atoms with Gasteiger partial charge in [0, 0.05) is 31.0 Å². The third-order valence-electron chi connectivity index (χ3n) is 4.39. The van der Waals surface area contributed by atoms with E-state index in [9.17, 15) is 0 Å². The summed E-state index contributed by atoms with van der Waals surface area (Å²) in [5.41, 5.74) is 2.32. The van der Waals surface area contributed by atoms with Gasteiger partial charge < -0.3 is 17.0 Å². The zero-order valence-electron chi connectivity index (χ0n) is 16.7. The van der Waals surface area contributed by atoms with Gasteiger partial charge >= 0.3 is 5.95 Å². The van der Waals surface area contributed by atoms with Crippen LogP contribution in [-0.4, -0.2) is 15.0 Å². The number of aromatic nitrogens is 3. The largest absolute Gasteiger partial charge is 1.00 e. The van der Waals surface area contributed by atoms with E-state index in [-0.39, 0.29) is 12.4 Å². The van der Waals surface area contributed by atoms with Crippen molar-refractivity contribution < 1.29 is 17.0 Å². The molecule has 8 heteroatoms. The van der Waals surface area contributed by atoms with Gasteiger partial charge in [-0.25, -0.2) is 9.13 Å². The molecule has 0 atom stereocenters. The minimum Gasteiger partial charge on any atom is -1.00 e. The summed E-state index contributed by atoms with van der Waals surface area (Å²) in [5, 5.41) is 18.3. The Labute approximate surface area is 171 Å². The van der Waals surface area contributed by atoms with Crippen LogP contribution in [0.25, 0.3) is 11.0 Å². The van der Waals surface area contributed by atoms with Gasteiger partial charge in [0.1, 0.15) is 11.0 Å². The second kappa shape index (κ2) is 9.94. The van der Waals surface area contributed by atoms with E-state index in [4.69, 9.17) is 0 Å². The zero-order valence-corrected chi connectivity index (χ0v) is 17.5. The van der Waals surface area contributed by atoms with Crippen molar-refractivity contribution in [2.75, 3.05) is 0 Å². The molecular weight excluding hydrogens is 374 g/mol. The van der Waals surface area contributed by atoms with Crippen molar-refractivity contribution in [2.45, 2.75) is 40.3 Å². The molecule has 0 spiro atoms. The summed E-state index contributed by atoms with van der Waals surface area (Å²) >= 11 is 0. The number of nitrogens with zero attached hydrogens (tertiary/aromatic N) is 7. The van der Waals surface area contributed by atoms with E-state index in [0.29, 0.717) is 12.3 Å². The van der Waals surface area contributed by atoms with Crippen LogP contribution in [0.5, 0.6) is 0 Å². The van der Waals surface area contributed by atoms with Crippen LogP contribution in [-0.2, 0) is 20.1 Å². The predicted molar refractivity (Wildman–Crippen MR) is 107 cm³/mol. The summed E-state index contributed by atoms with van der Waals surface area (Å²) in [6.45, 7) is 7.88. The number of halogens is 1. The van der Waals surface area contributed by atoms with Gasteiger partial charge in [0.2, 0.25) is 0 Å². The average Bonchev–Trinajstić information content (AvgIpc) is 3.01. The Hall–Kier alpha value is -2.80. The fourth-order valence-corrected chi connectivity index (χ4v) is 2.95. The number of fused-ring (bicyclic) bond motifs is 1. The van der Waals surface area contributed by atoms with Gasteiger partial charge in [0.15, 0.2) is 5.84 Å². The standard InChI is InChI=1S/C20H26N7.ClH/c1-5-19(22-21-16-12-14-25(4)15-13-16)23-24-20-26(6-2)17-10-8-9-11-18(17)27(20)7-3;/h8-15H,5-7H2,1-4H3;1H/q+1;/p-1. The molecule has 3 rings (SSSR count). The van der Waals surface area contributed by atoms with Crippen molar-refractivity contribution in [1.29, 1.82) is 0 Å². The number of imidazole rings is 1. The molecule has 0 aliphatic carbocycles. The molecular formula is C20H26ClN7. The normalized spacial score (nSPS) is 11.8. The number of benzene rings is 1. The topological polar surface area (TPSA) is 63.2 Å². The van der Waals surface area contributed by atoms with Crippen molar-refractivity contribution >= 4 is 22.8 Å². The molecule has 0 saturated heterocycles. The molecule has 1 aromatic carbocycles. The highest BCUT2D eigenvalue weighted by molar-refractivity contribution is 5.82. The van der Waals surface area contributed by atoms with Crippen LogP contribution in [0.2, 0.25) is 0 Å². The van der Waals surface area contributed by atoms with Gasteiger partial charge in [-0.1, -0.05) is 24.2 Å². The van der Waals surface area contributed by atoms with Crippen LogP contribution in [0.15, 0.2) is 69.2 Å². The first-order chi connectivity index (χ1) is 13.2. The van der Waals surface area contributed by atoms with E-state index in [2.05, 4.69) is 55.5 Å². The van der Waals surface area contributed by atoms with Crippen LogP contribution in [0.1, 0.15) is 27.2 Å². The van der Waals surface area contributed by atoms with Gasteiger partial charge in [-0.15, -0.1) is 10.2 Å². The van der Waals surface area contributed by atoms with Crippen LogP contribution in [0.4, 0.5) is 5.95 Å². The minimum absolute atomic E-state index is 0. The Morgan fingerprint density at radius 2 is 1.75 bits per heavy atom. The minimum atomic E-state index is 0. The number of rotatable bonds is 5. The van der Waals surface area contributed by atoms with Crippen molar-refractivity contribution in [3.05, 3.63) is 54.1 Å². The lowest BCUT2D eigenvalue weighted by Gasteiger charge is -1.95. The van der Waals surface area contributed by atoms with Gasteiger partial charge in [-0.05, 0) is 38.1 Å². The maximum atomic E-state index is 4.54. The van der Waals surface area contributed by atoms with E-state index in [1.165, 1.54) is 0 Å². The van der Waals surface area contributed by atoms with Gasteiger partial charge in [-0.3, -0.25) is 0 Å². The molecule has 0 unspecified atom stereocenters. The SMILES string of the molecule is CCC(N=Nc1n(CC)c2ccccc2[n+]1CC)=NN=c1ccn(C)cc1.[Cl-]. The lowest BCUT2D eigenvalue weighted by molar-refractivity contribution is -0.655. The van der Waals surface area contributed by atoms with E-state index < -0.39 is 0 Å². The molecule has 148 valence electrons. The molecule has 0 fully saturated rings. The van der Waals surface area contributed by atoms with Crippen molar-refractivity contribution in [2.24, 2.45) is 27.5 Å². The molecule has 28 heavy (non-hydrogen) atoms. The third-order valence-corrected chi connectivity index (χ3v) is 4.39. The van der Waals surface area contributed by atoms with Crippen molar-refractivity contribution in [1.82, 2.24) is 9.13 Å². The summed E-state index contributed by atoms with van der Waals surface area (Å²) in [6.07, 6.45) is 4.53. The first kappa shape index (κ1) is 21.5. The first-order valence-electron chi connectivity index (χ1n) is 9.33. The number of azo groups is 1. The highest BCUT2D eigenvalue weighted by Crippen LogP contribution is 2.20. The third kappa shape index (κ3) is 4.54. The Morgan fingerprint density at radius 3 is 2.39 bits per heavy atom. The zero-order chi connectivity index (χ0) is 19.2. The van der Waals surface area contributed by atoms with E-state index >= 15 is 0 Å². The maximum Gasteiger partial charge on any atom is 0.422 e. The summed E-state index contributed by atoms with van der Waals surface area (Å²) in [4.78, 5) is 0. The van der Waals surface area contributed by atoms with E-state index in [0.717, 1.165) is 35.4 Å². The molecule has 0 bridgehead atoms. The van der Waals surface area contributed by atoms with Gasteiger partial charge in [-0.2, -0.15) is 0 Å². The molecule has 0 radical (unpaired) electrons. The maximum absolute atomic E-state index is 4.54. The summed E-state index contributed by atoms with van der Waals surface area (Å²) in [7, 11) is 1.97. The number of para-hydroxylation sites is 2. The van der Waals surface area contributed by atoms with Gasteiger partial charge in [0.05, 0.1) is 18.4 Å². The van der Waals surface area contributed by atoms with Crippen LogP contribution in [0, 0.1) is 0 Å². The molecule has 3 aromatic rings. The van der Waals surface area contributed by atoms with Crippen molar-refractivity contribution in [3.63, 3.8) is 0 Å². The monoisotopic (exact) mass is 399 g/mol. The van der Waals surface area contributed by atoms with Crippen LogP contribution >= 0.6 is 0 Å². The number of pyridine rings is 1. The summed E-state index contributed by atoms with van der Waals surface area (Å²) < 4.78 is 6.30. The smallest absolute Gasteiger partial charge is 0.422 e. The first-order valence-corrected chi connectivity index (χ1v) is 9.33. The average molecular weight is 400 g/mol. The van der Waals surface area contributed by atoms with Crippen molar-refractivity contribution in [3.8, 4) is 0 Å². The summed E-state index contributed by atoms with van der Waals surface area (Å²) in [6, 6.07) is 12.1. The number of hydrogen-bond donors (Lipinski definition) is 0. The summed E-state index contributed by atoms with van der Waals surface area (Å²) in [5.74, 6) is 1.42. The Morgan fingerprint density at radius 1 is 1.04 bits per heavy atom. The molecule has 0 saturated carbocycles. The highest BCUT2D eigenvalue weighted by atomic mass is 35.5. The molecule has 7 nitrogen and oxygen atoms in total. The quantitative estimate of drug-likeness (QED) is 0.199. The molecule has 0 N–H and O–H groups in total. The number of amidine groups is 1. The number of aryl methyl sites for hydroxylation is 3.